The summed E-state index contributed by atoms with van der Waals surface area (Å²) in [4.78, 5) is 24.1. The molecule has 26 heavy (non-hydrogen) atoms. The fourth-order valence-corrected chi connectivity index (χ4v) is 2.47. The lowest BCUT2D eigenvalue weighted by atomic mass is 9.99. The van der Waals surface area contributed by atoms with Gasteiger partial charge < -0.3 is 14.2 Å². The topological polar surface area (TPSA) is 86.2 Å². The molecule has 1 aromatic rings. The van der Waals surface area contributed by atoms with Gasteiger partial charge in [-0.3, -0.25) is 9.59 Å². The Labute approximate surface area is 154 Å². The van der Waals surface area contributed by atoms with Crippen LogP contribution in [0.2, 0.25) is 0 Å². The molecule has 1 N–H and O–H groups in total. The van der Waals surface area contributed by atoms with E-state index in [9.17, 15) is 9.59 Å². The molecule has 1 unspecified atom stereocenters. The molecule has 144 valence electrons. The maximum absolute atomic E-state index is 12.1. The van der Waals surface area contributed by atoms with Crippen molar-refractivity contribution < 1.29 is 23.8 Å². The molecule has 0 spiro atoms. The van der Waals surface area contributed by atoms with Gasteiger partial charge in [-0.05, 0) is 38.0 Å². The number of amides is 1. The molecule has 0 saturated heterocycles. The highest BCUT2D eigenvalue weighted by Crippen LogP contribution is 2.27. The molecule has 1 rings (SSSR count). The summed E-state index contributed by atoms with van der Waals surface area (Å²) in [5.74, 6) is 0.118. The second-order valence-corrected chi connectivity index (χ2v) is 5.75. The predicted molar refractivity (Wildman–Crippen MR) is 99.5 cm³/mol. The lowest BCUT2D eigenvalue weighted by Crippen LogP contribution is -2.28. The number of benzene rings is 1. The third-order valence-corrected chi connectivity index (χ3v) is 3.82. The van der Waals surface area contributed by atoms with Crippen molar-refractivity contribution in [1.82, 2.24) is 5.43 Å². The van der Waals surface area contributed by atoms with Crippen molar-refractivity contribution in [3.63, 3.8) is 0 Å². The van der Waals surface area contributed by atoms with E-state index in [4.69, 9.17) is 14.2 Å². The second-order valence-electron chi connectivity index (χ2n) is 5.75. The van der Waals surface area contributed by atoms with Crippen LogP contribution in [0.3, 0.4) is 0 Å². The van der Waals surface area contributed by atoms with Gasteiger partial charge in [0.2, 0.25) is 5.91 Å². The molecule has 0 saturated carbocycles. The number of carbonyl (C=O) groups excluding carboxylic acids is 2. The minimum Gasteiger partial charge on any atom is -0.493 e. The molecule has 0 fully saturated rings. The molecule has 1 aromatic carbocycles. The average molecular weight is 364 g/mol. The van der Waals surface area contributed by atoms with Crippen LogP contribution < -0.4 is 14.9 Å². The number of esters is 1. The summed E-state index contributed by atoms with van der Waals surface area (Å²) in [5.41, 5.74) is 3.80. The molecule has 0 aliphatic heterocycles. The first-order valence-corrected chi connectivity index (χ1v) is 8.67. The minimum absolute atomic E-state index is 0.134. The Bertz CT molecular complexity index is 643. The van der Waals surface area contributed by atoms with E-state index >= 15 is 0 Å². The van der Waals surface area contributed by atoms with Crippen molar-refractivity contribution in [3.8, 4) is 11.5 Å². The lowest BCUT2D eigenvalue weighted by Gasteiger charge is -2.14. The quantitative estimate of drug-likeness (QED) is 0.392. The Morgan fingerprint density at radius 3 is 2.42 bits per heavy atom. The third kappa shape index (κ3) is 6.38. The smallest absolute Gasteiger partial charge is 0.314 e. The van der Waals surface area contributed by atoms with E-state index < -0.39 is 5.92 Å². The number of methoxy groups -OCH3 is 2. The molecule has 0 radical (unpaired) electrons. The number of carbonyl (C=O) groups is 2. The first-order valence-electron chi connectivity index (χ1n) is 8.67. The van der Waals surface area contributed by atoms with E-state index in [2.05, 4.69) is 10.5 Å². The summed E-state index contributed by atoms with van der Waals surface area (Å²) >= 11 is 0. The van der Waals surface area contributed by atoms with Gasteiger partial charge in [0, 0.05) is 5.71 Å². The zero-order valence-corrected chi connectivity index (χ0v) is 16.1. The molecular weight excluding hydrogens is 336 g/mol. The van der Waals surface area contributed by atoms with E-state index in [1.165, 1.54) is 0 Å². The zero-order chi connectivity index (χ0) is 19.5. The Morgan fingerprint density at radius 1 is 1.15 bits per heavy atom. The summed E-state index contributed by atoms with van der Waals surface area (Å²) in [7, 11) is 3.09. The van der Waals surface area contributed by atoms with Crippen molar-refractivity contribution >= 4 is 17.6 Å². The van der Waals surface area contributed by atoms with E-state index in [1.54, 1.807) is 46.3 Å². The van der Waals surface area contributed by atoms with Crippen molar-refractivity contribution in [3.05, 3.63) is 23.8 Å². The van der Waals surface area contributed by atoms with E-state index in [1.807, 2.05) is 6.92 Å². The van der Waals surface area contributed by atoms with Crippen LogP contribution in [0.4, 0.5) is 0 Å². The van der Waals surface area contributed by atoms with Crippen LogP contribution in [0.1, 0.15) is 39.2 Å². The van der Waals surface area contributed by atoms with Gasteiger partial charge in [-0.2, -0.15) is 5.10 Å². The predicted octanol–water partition coefficient (Wildman–Crippen LogP) is 2.72. The standard InChI is InChI=1S/C19H28N2O5/c1-6-8-15(19(23)26-7-2)13(3)20-21-18(22)12-14-9-10-16(24-4)17(11-14)25-5/h9-11,15H,6-8,12H2,1-5H3,(H,21,22)/b20-13-. The molecule has 0 bridgehead atoms. The van der Waals surface area contributed by atoms with Crippen molar-refractivity contribution in [2.75, 3.05) is 20.8 Å². The van der Waals surface area contributed by atoms with Gasteiger partial charge in [0.25, 0.3) is 0 Å². The minimum atomic E-state index is -0.443. The van der Waals surface area contributed by atoms with Gasteiger partial charge in [0.15, 0.2) is 11.5 Å². The van der Waals surface area contributed by atoms with Gasteiger partial charge in [-0.1, -0.05) is 19.4 Å². The number of hydrazone groups is 1. The molecule has 1 atom stereocenters. The summed E-state index contributed by atoms with van der Waals surface area (Å²) in [6, 6.07) is 5.28. The normalized spacial score (nSPS) is 12.3. The van der Waals surface area contributed by atoms with Crippen molar-refractivity contribution in [2.24, 2.45) is 11.0 Å². The summed E-state index contributed by atoms with van der Waals surface area (Å²) in [6.07, 6.45) is 1.57. The SMILES string of the molecule is CCCC(C(=O)OCC)/C(C)=N\NC(=O)Cc1ccc(OC)c(OC)c1. The largest absolute Gasteiger partial charge is 0.493 e. The molecular formula is C19H28N2O5. The molecule has 7 heteroatoms. The van der Waals surface area contributed by atoms with Gasteiger partial charge in [0.05, 0.1) is 33.2 Å². The average Bonchev–Trinajstić information content (AvgIpc) is 2.64. The van der Waals surface area contributed by atoms with Crippen LogP contribution in [0.5, 0.6) is 11.5 Å². The van der Waals surface area contributed by atoms with Gasteiger partial charge in [-0.15, -0.1) is 0 Å². The molecule has 1 amide bonds. The number of rotatable bonds is 10. The highest BCUT2D eigenvalue weighted by molar-refractivity contribution is 6.01. The summed E-state index contributed by atoms with van der Waals surface area (Å²) in [5, 5.41) is 4.08. The first-order chi connectivity index (χ1) is 12.5. The fraction of sp³-hybridized carbons (Fsp3) is 0.526. The summed E-state index contributed by atoms with van der Waals surface area (Å²) in [6.45, 7) is 5.78. The van der Waals surface area contributed by atoms with Gasteiger partial charge >= 0.3 is 5.97 Å². The van der Waals surface area contributed by atoms with Crippen LogP contribution in [0.15, 0.2) is 23.3 Å². The Hall–Kier alpha value is -2.57. The molecule has 7 nitrogen and oxygen atoms in total. The molecule has 0 heterocycles. The van der Waals surface area contributed by atoms with Gasteiger partial charge in [0.1, 0.15) is 0 Å². The van der Waals surface area contributed by atoms with Crippen molar-refractivity contribution in [2.45, 2.75) is 40.0 Å². The Morgan fingerprint density at radius 2 is 1.85 bits per heavy atom. The van der Waals surface area contributed by atoms with Crippen LogP contribution in [0.25, 0.3) is 0 Å². The highest BCUT2D eigenvalue weighted by atomic mass is 16.5. The monoisotopic (exact) mass is 364 g/mol. The maximum Gasteiger partial charge on any atom is 0.314 e. The van der Waals surface area contributed by atoms with E-state index in [-0.39, 0.29) is 18.3 Å². The molecule has 0 aliphatic carbocycles. The summed E-state index contributed by atoms with van der Waals surface area (Å²) < 4.78 is 15.5. The number of ether oxygens (including phenoxy) is 3. The second kappa shape index (κ2) is 11.1. The number of nitrogens with zero attached hydrogens (tertiary/aromatic N) is 1. The van der Waals surface area contributed by atoms with Gasteiger partial charge in [-0.25, -0.2) is 5.43 Å². The Balaban J connectivity index is 2.74. The van der Waals surface area contributed by atoms with E-state index in [0.717, 1.165) is 12.0 Å². The van der Waals surface area contributed by atoms with Crippen LogP contribution in [-0.4, -0.2) is 38.4 Å². The Kier molecular flexibility index (Phi) is 9.19. The molecule has 0 aliphatic rings. The third-order valence-electron chi connectivity index (χ3n) is 3.82. The maximum atomic E-state index is 12.1. The number of hydrogen-bond acceptors (Lipinski definition) is 6. The van der Waals surface area contributed by atoms with Crippen LogP contribution in [0, 0.1) is 5.92 Å². The van der Waals surface area contributed by atoms with E-state index in [0.29, 0.717) is 30.2 Å². The lowest BCUT2D eigenvalue weighted by molar-refractivity contribution is -0.145. The highest BCUT2D eigenvalue weighted by Gasteiger charge is 2.22. The zero-order valence-electron chi connectivity index (χ0n) is 16.1. The molecule has 0 aromatic heterocycles. The van der Waals surface area contributed by atoms with Crippen LogP contribution in [-0.2, 0) is 20.7 Å². The van der Waals surface area contributed by atoms with Crippen LogP contribution >= 0.6 is 0 Å². The number of nitrogens with one attached hydrogen (secondary N) is 1. The fourth-order valence-electron chi connectivity index (χ4n) is 2.47. The first kappa shape index (κ1) is 21.5. The van der Waals surface area contributed by atoms with Crippen molar-refractivity contribution in [1.29, 1.82) is 0 Å². The number of hydrogen-bond donors (Lipinski definition) is 1.